The molecule has 3 atom stereocenters. The number of aryl methyl sites for hydroxylation is 1. The molecule has 1 saturated heterocycles. The summed E-state index contributed by atoms with van der Waals surface area (Å²) in [6, 6.07) is 4.93. The lowest BCUT2D eigenvalue weighted by atomic mass is 9.86. The van der Waals surface area contributed by atoms with E-state index >= 15 is 0 Å². The molecule has 8 heteroatoms. The molecule has 2 aliphatic rings. The SMILES string of the molecule is Cc1nc2ccc(C(=O)N[C@@H]3CCC[C@@H](N4CCNC(=O)C4)[C@@H]3O)cc2[nH]1. The minimum atomic E-state index is -0.688. The van der Waals surface area contributed by atoms with E-state index in [0.29, 0.717) is 18.7 Å². The Morgan fingerprint density at radius 1 is 1.37 bits per heavy atom. The maximum atomic E-state index is 12.7. The van der Waals surface area contributed by atoms with Crippen LogP contribution in [0.5, 0.6) is 0 Å². The molecular weight excluding hydrogens is 346 g/mol. The molecule has 27 heavy (non-hydrogen) atoms. The Labute approximate surface area is 157 Å². The van der Waals surface area contributed by atoms with Crippen LogP contribution < -0.4 is 10.6 Å². The molecule has 4 N–H and O–H groups in total. The lowest BCUT2D eigenvalue weighted by molar-refractivity contribution is -0.126. The van der Waals surface area contributed by atoms with Crippen molar-refractivity contribution in [3.8, 4) is 0 Å². The number of aliphatic hydroxyl groups excluding tert-OH is 1. The number of carbonyl (C=O) groups excluding carboxylic acids is 2. The van der Waals surface area contributed by atoms with Crippen molar-refractivity contribution in [1.29, 1.82) is 0 Å². The monoisotopic (exact) mass is 371 g/mol. The summed E-state index contributed by atoms with van der Waals surface area (Å²) < 4.78 is 0. The number of benzene rings is 1. The number of amides is 2. The number of nitrogens with one attached hydrogen (secondary N) is 3. The van der Waals surface area contributed by atoms with Crippen molar-refractivity contribution in [3.05, 3.63) is 29.6 Å². The van der Waals surface area contributed by atoms with E-state index < -0.39 is 6.10 Å². The molecule has 2 amide bonds. The lowest BCUT2D eigenvalue weighted by Crippen LogP contribution is -2.60. The van der Waals surface area contributed by atoms with Crippen LogP contribution in [0.1, 0.15) is 35.4 Å². The fourth-order valence-electron chi connectivity index (χ4n) is 4.18. The number of hydrogen-bond donors (Lipinski definition) is 4. The predicted molar refractivity (Wildman–Crippen MR) is 100 cm³/mol. The van der Waals surface area contributed by atoms with Gasteiger partial charge in [-0.2, -0.15) is 0 Å². The van der Waals surface area contributed by atoms with E-state index in [1.54, 1.807) is 12.1 Å². The van der Waals surface area contributed by atoms with Crippen molar-refractivity contribution in [2.24, 2.45) is 0 Å². The van der Waals surface area contributed by atoms with Gasteiger partial charge >= 0.3 is 0 Å². The molecule has 1 aliphatic heterocycles. The van der Waals surface area contributed by atoms with Gasteiger partial charge < -0.3 is 20.7 Å². The summed E-state index contributed by atoms with van der Waals surface area (Å²) in [4.78, 5) is 33.9. The molecule has 1 saturated carbocycles. The molecule has 0 unspecified atom stereocenters. The Morgan fingerprint density at radius 2 is 2.22 bits per heavy atom. The fourth-order valence-corrected chi connectivity index (χ4v) is 4.18. The van der Waals surface area contributed by atoms with E-state index in [1.165, 1.54) is 0 Å². The third-order valence-electron chi connectivity index (χ3n) is 5.54. The van der Waals surface area contributed by atoms with Gasteiger partial charge in [0.1, 0.15) is 5.82 Å². The summed E-state index contributed by atoms with van der Waals surface area (Å²) in [7, 11) is 0. The first-order valence-corrected chi connectivity index (χ1v) is 9.47. The van der Waals surface area contributed by atoms with Gasteiger partial charge in [-0.3, -0.25) is 14.5 Å². The maximum absolute atomic E-state index is 12.7. The number of aromatic amines is 1. The van der Waals surface area contributed by atoms with E-state index in [9.17, 15) is 14.7 Å². The molecule has 2 aromatic rings. The van der Waals surface area contributed by atoms with Crippen molar-refractivity contribution in [1.82, 2.24) is 25.5 Å². The molecule has 1 aromatic heterocycles. The number of H-pyrrole nitrogens is 1. The summed E-state index contributed by atoms with van der Waals surface area (Å²) in [5.74, 6) is 0.590. The van der Waals surface area contributed by atoms with Crippen LogP contribution in [0.15, 0.2) is 18.2 Å². The van der Waals surface area contributed by atoms with Crippen molar-refractivity contribution < 1.29 is 14.7 Å². The molecule has 0 spiro atoms. The Morgan fingerprint density at radius 3 is 3.04 bits per heavy atom. The van der Waals surface area contributed by atoms with E-state index in [0.717, 1.165) is 42.7 Å². The average molecular weight is 371 g/mol. The maximum Gasteiger partial charge on any atom is 0.251 e. The van der Waals surface area contributed by atoms with Crippen molar-refractivity contribution in [2.75, 3.05) is 19.6 Å². The van der Waals surface area contributed by atoms with Crippen molar-refractivity contribution >= 4 is 22.8 Å². The molecule has 2 heterocycles. The van der Waals surface area contributed by atoms with E-state index in [4.69, 9.17) is 0 Å². The molecule has 0 bridgehead atoms. The van der Waals surface area contributed by atoms with Gasteiger partial charge in [0.25, 0.3) is 5.91 Å². The second kappa shape index (κ2) is 7.28. The second-order valence-electron chi connectivity index (χ2n) is 7.44. The summed E-state index contributed by atoms with van der Waals surface area (Å²) in [6.07, 6.45) is 1.78. The zero-order chi connectivity index (χ0) is 19.0. The Bertz CT molecular complexity index is 864. The summed E-state index contributed by atoms with van der Waals surface area (Å²) in [6.45, 7) is 3.50. The summed E-state index contributed by atoms with van der Waals surface area (Å²) in [5.41, 5.74) is 2.18. The van der Waals surface area contributed by atoms with Crippen molar-refractivity contribution in [3.63, 3.8) is 0 Å². The molecule has 2 fully saturated rings. The van der Waals surface area contributed by atoms with Crippen LogP contribution in [0, 0.1) is 6.92 Å². The van der Waals surface area contributed by atoms with Gasteiger partial charge in [-0.25, -0.2) is 4.98 Å². The number of aromatic nitrogens is 2. The topological polar surface area (TPSA) is 110 Å². The highest BCUT2D eigenvalue weighted by atomic mass is 16.3. The average Bonchev–Trinajstić information content (AvgIpc) is 3.02. The first kappa shape index (κ1) is 17.9. The van der Waals surface area contributed by atoms with Gasteiger partial charge in [0.15, 0.2) is 0 Å². The number of nitrogens with zero attached hydrogens (tertiary/aromatic N) is 2. The molecular formula is C19H25N5O3. The smallest absolute Gasteiger partial charge is 0.251 e. The first-order chi connectivity index (χ1) is 13.0. The Kier molecular flexibility index (Phi) is 4.84. The summed E-state index contributed by atoms with van der Waals surface area (Å²) in [5, 5.41) is 16.6. The number of rotatable bonds is 3. The van der Waals surface area contributed by atoms with Crippen LogP contribution in [0.4, 0.5) is 0 Å². The van der Waals surface area contributed by atoms with Gasteiger partial charge in [0, 0.05) is 24.7 Å². The number of fused-ring (bicyclic) bond motifs is 1. The van der Waals surface area contributed by atoms with Crippen LogP contribution in [0.2, 0.25) is 0 Å². The zero-order valence-corrected chi connectivity index (χ0v) is 15.4. The van der Waals surface area contributed by atoms with Gasteiger partial charge in [0.05, 0.1) is 29.7 Å². The first-order valence-electron chi connectivity index (χ1n) is 9.47. The predicted octanol–water partition coefficient (Wildman–Crippen LogP) is 0.315. The highest BCUT2D eigenvalue weighted by Crippen LogP contribution is 2.25. The Balaban J connectivity index is 1.45. The van der Waals surface area contributed by atoms with Crippen LogP contribution >= 0.6 is 0 Å². The second-order valence-corrected chi connectivity index (χ2v) is 7.44. The molecule has 8 nitrogen and oxygen atoms in total. The van der Waals surface area contributed by atoms with Gasteiger partial charge in [-0.05, 0) is 44.4 Å². The van der Waals surface area contributed by atoms with E-state index in [-0.39, 0.29) is 23.9 Å². The minimum absolute atomic E-state index is 0.0113. The Hall–Kier alpha value is -2.45. The molecule has 0 radical (unpaired) electrons. The number of piperazine rings is 1. The number of carbonyl (C=O) groups is 2. The number of hydrogen-bond acceptors (Lipinski definition) is 5. The van der Waals surface area contributed by atoms with Gasteiger partial charge in [-0.15, -0.1) is 0 Å². The van der Waals surface area contributed by atoms with E-state index in [1.807, 2.05) is 17.9 Å². The molecule has 4 rings (SSSR count). The van der Waals surface area contributed by atoms with Crippen LogP contribution in [-0.4, -0.2) is 69.6 Å². The molecule has 1 aromatic carbocycles. The standard InChI is InChI=1S/C19H25N5O3/c1-11-21-13-6-5-12(9-15(13)22-11)19(27)23-14-3-2-4-16(18(14)26)24-8-7-20-17(25)10-24/h5-6,9,14,16,18,26H,2-4,7-8,10H2,1H3,(H,20,25)(H,21,22)(H,23,27)/t14-,16-,18-/m1/s1. The molecule has 144 valence electrons. The minimum Gasteiger partial charge on any atom is -0.389 e. The van der Waals surface area contributed by atoms with Crippen molar-refractivity contribution in [2.45, 2.75) is 44.4 Å². The molecule has 1 aliphatic carbocycles. The quantitative estimate of drug-likeness (QED) is 0.621. The van der Waals surface area contributed by atoms with Crippen LogP contribution in [0.25, 0.3) is 11.0 Å². The largest absolute Gasteiger partial charge is 0.389 e. The van der Waals surface area contributed by atoms with Gasteiger partial charge in [-0.1, -0.05) is 0 Å². The highest BCUT2D eigenvalue weighted by Gasteiger charge is 2.37. The van der Waals surface area contributed by atoms with Crippen LogP contribution in [0.3, 0.4) is 0 Å². The third kappa shape index (κ3) is 3.68. The fraction of sp³-hybridized carbons (Fsp3) is 0.526. The summed E-state index contributed by atoms with van der Waals surface area (Å²) >= 11 is 0. The lowest BCUT2D eigenvalue weighted by Gasteiger charge is -2.42. The number of aliphatic hydroxyl groups is 1. The van der Waals surface area contributed by atoms with Crippen LogP contribution in [-0.2, 0) is 4.79 Å². The third-order valence-corrected chi connectivity index (χ3v) is 5.54. The zero-order valence-electron chi connectivity index (χ0n) is 15.4. The number of imidazole rings is 1. The highest BCUT2D eigenvalue weighted by molar-refractivity contribution is 5.97. The normalized spacial score (nSPS) is 26.7. The van der Waals surface area contributed by atoms with Gasteiger partial charge in [0.2, 0.25) is 5.91 Å². The van der Waals surface area contributed by atoms with E-state index in [2.05, 4.69) is 20.6 Å².